The van der Waals surface area contributed by atoms with Gasteiger partial charge in [0.2, 0.25) is 0 Å². The number of pyridine rings is 1. The Kier molecular flexibility index (Phi) is 2.83. The lowest BCUT2D eigenvalue weighted by atomic mass is 10.2. The average Bonchev–Trinajstić information content (AvgIpc) is 2.88. The predicted molar refractivity (Wildman–Crippen MR) is 68.4 cm³/mol. The van der Waals surface area contributed by atoms with Crippen LogP contribution in [0.3, 0.4) is 0 Å². The van der Waals surface area contributed by atoms with Crippen LogP contribution in [0.1, 0.15) is 16.2 Å². The van der Waals surface area contributed by atoms with Crippen LogP contribution in [0.25, 0.3) is 0 Å². The van der Waals surface area contributed by atoms with Crippen molar-refractivity contribution in [2.75, 3.05) is 12.3 Å². The van der Waals surface area contributed by atoms with E-state index in [0.717, 1.165) is 5.82 Å². The molecular weight excluding hydrogens is 268 g/mol. The Morgan fingerprint density at radius 1 is 1.42 bits per heavy atom. The molecule has 98 valence electrons. The molecule has 0 saturated carbocycles. The number of carbonyl (C=O) groups excluding carboxylic acids is 1. The molecule has 0 aromatic carbocycles. The summed E-state index contributed by atoms with van der Waals surface area (Å²) in [5, 5.41) is 8.09. The van der Waals surface area contributed by atoms with Crippen molar-refractivity contribution in [1.29, 1.82) is 0 Å². The molecule has 19 heavy (non-hydrogen) atoms. The van der Waals surface area contributed by atoms with Gasteiger partial charge in [-0.3, -0.25) is 4.79 Å². The molecule has 0 fully saturated rings. The van der Waals surface area contributed by atoms with Crippen LogP contribution in [0.4, 0.5) is 5.82 Å². The molecule has 0 saturated heterocycles. The number of hydrogen-bond donors (Lipinski definition) is 1. The van der Waals surface area contributed by atoms with Crippen molar-refractivity contribution >= 4 is 23.3 Å². The van der Waals surface area contributed by atoms with Gasteiger partial charge in [-0.15, -0.1) is 10.2 Å². The van der Waals surface area contributed by atoms with Crippen LogP contribution in [0.5, 0.6) is 0 Å². The number of carbonyl (C=O) groups is 1. The number of nitrogens with two attached hydrogens (primary N) is 1. The SMILES string of the molecule is Nc1cc(C(=O)N2CCn3cnnc3C2)c(Cl)cn1. The van der Waals surface area contributed by atoms with Gasteiger partial charge in [-0.2, -0.15) is 0 Å². The summed E-state index contributed by atoms with van der Waals surface area (Å²) >= 11 is 5.99. The first-order valence-electron chi connectivity index (χ1n) is 5.72. The molecule has 0 unspecified atom stereocenters. The van der Waals surface area contributed by atoms with Gasteiger partial charge in [0.25, 0.3) is 5.91 Å². The van der Waals surface area contributed by atoms with E-state index in [1.165, 1.54) is 12.3 Å². The molecule has 3 heterocycles. The lowest BCUT2D eigenvalue weighted by Crippen LogP contribution is -2.38. The smallest absolute Gasteiger partial charge is 0.256 e. The van der Waals surface area contributed by atoms with E-state index < -0.39 is 0 Å². The standard InChI is InChI=1S/C11H11ClN6O/c12-8-4-14-9(13)3-7(8)11(19)17-1-2-18-6-15-16-10(18)5-17/h3-4,6H,1-2,5H2,(H2,13,14). The Morgan fingerprint density at radius 2 is 2.26 bits per heavy atom. The summed E-state index contributed by atoms with van der Waals surface area (Å²) in [5.74, 6) is 0.860. The first-order chi connectivity index (χ1) is 9.15. The summed E-state index contributed by atoms with van der Waals surface area (Å²) in [6, 6.07) is 1.49. The molecular formula is C11H11ClN6O. The summed E-state index contributed by atoms with van der Waals surface area (Å²) < 4.78 is 1.92. The molecule has 7 nitrogen and oxygen atoms in total. The van der Waals surface area contributed by atoms with E-state index in [4.69, 9.17) is 17.3 Å². The lowest BCUT2D eigenvalue weighted by molar-refractivity contribution is 0.0707. The summed E-state index contributed by atoms with van der Waals surface area (Å²) in [4.78, 5) is 17.9. The van der Waals surface area contributed by atoms with E-state index in [2.05, 4.69) is 15.2 Å². The zero-order valence-electron chi connectivity index (χ0n) is 9.95. The van der Waals surface area contributed by atoms with Crippen LogP contribution in [0, 0.1) is 0 Å². The number of anilines is 1. The second-order valence-electron chi connectivity index (χ2n) is 4.26. The largest absolute Gasteiger partial charge is 0.384 e. The number of amides is 1. The fourth-order valence-corrected chi connectivity index (χ4v) is 2.21. The van der Waals surface area contributed by atoms with Gasteiger partial charge in [-0.1, -0.05) is 11.6 Å². The number of hydrogen-bond acceptors (Lipinski definition) is 5. The van der Waals surface area contributed by atoms with Gasteiger partial charge in [-0.05, 0) is 6.07 Å². The quantitative estimate of drug-likeness (QED) is 0.823. The van der Waals surface area contributed by atoms with Crippen molar-refractivity contribution in [3.63, 3.8) is 0 Å². The zero-order valence-corrected chi connectivity index (χ0v) is 10.7. The Bertz CT molecular complexity index is 640. The third-order valence-corrected chi connectivity index (χ3v) is 3.33. The van der Waals surface area contributed by atoms with Crippen LogP contribution in [-0.2, 0) is 13.1 Å². The Morgan fingerprint density at radius 3 is 3.11 bits per heavy atom. The van der Waals surface area contributed by atoms with Crippen LogP contribution in [-0.4, -0.2) is 37.1 Å². The molecule has 1 aliphatic rings. The summed E-state index contributed by atoms with van der Waals surface area (Å²) in [5.41, 5.74) is 5.95. The predicted octanol–water partition coefficient (Wildman–Crippen LogP) is 0.565. The highest BCUT2D eigenvalue weighted by molar-refractivity contribution is 6.33. The molecule has 2 N–H and O–H groups in total. The van der Waals surface area contributed by atoms with Crippen LogP contribution < -0.4 is 5.73 Å². The van der Waals surface area contributed by atoms with Crippen molar-refractivity contribution in [3.8, 4) is 0 Å². The lowest BCUT2D eigenvalue weighted by Gasteiger charge is -2.27. The number of nitrogens with zero attached hydrogens (tertiary/aromatic N) is 5. The second-order valence-corrected chi connectivity index (χ2v) is 4.66. The van der Waals surface area contributed by atoms with E-state index in [0.29, 0.717) is 30.2 Å². The van der Waals surface area contributed by atoms with Gasteiger partial charge in [-0.25, -0.2) is 4.98 Å². The number of nitrogen functional groups attached to an aromatic ring is 1. The van der Waals surface area contributed by atoms with Gasteiger partial charge in [0.1, 0.15) is 12.1 Å². The van der Waals surface area contributed by atoms with Crippen molar-refractivity contribution in [3.05, 3.63) is 35.0 Å². The number of fused-ring (bicyclic) bond motifs is 1. The molecule has 0 bridgehead atoms. The van der Waals surface area contributed by atoms with Crippen LogP contribution in [0.15, 0.2) is 18.6 Å². The molecule has 2 aromatic heterocycles. The van der Waals surface area contributed by atoms with Gasteiger partial charge < -0.3 is 15.2 Å². The molecule has 0 spiro atoms. The minimum absolute atomic E-state index is 0.173. The van der Waals surface area contributed by atoms with Crippen molar-refractivity contribution in [2.24, 2.45) is 0 Å². The van der Waals surface area contributed by atoms with E-state index >= 15 is 0 Å². The molecule has 0 radical (unpaired) electrons. The topological polar surface area (TPSA) is 89.9 Å². The summed E-state index contributed by atoms with van der Waals surface area (Å²) in [6.07, 6.45) is 3.05. The number of aromatic nitrogens is 4. The van der Waals surface area contributed by atoms with Crippen molar-refractivity contribution in [1.82, 2.24) is 24.6 Å². The normalized spacial score (nSPS) is 14.3. The molecule has 1 amide bonds. The van der Waals surface area contributed by atoms with Gasteiger partial charge in [0.15, 0.2) is 5.82 Å². The average molecular weight is 279 g/mol. The summed E-state index contributed by atoms with van der Waals surface area (Å²) in [6.45, 7) is 1.67. The van der Waals surface area contributed by atoms with Crippen molar-refractivity contribution in [2.45, 2.75) is 13.1 Å². The molecule has 0 aliphatic carbocycles. The Balaban J connectivity index is 1.87. The Hall–Kier alpha value is -2.15. The van der Waals surface area contributed by atoms with Gasteiger partial charge >= 0.3 is 0 Å². The Labute approximate surface area is 114 Å². The van der Waals surface area contributed by atoms with E-state index in [1.807, 2.05) is 4.57 Å². The highest BCUT2D eigenvalue weighted by atomic mass is 35.5. The third kappa shape index (κ3) is 2.12. The highest BCUT2D eigenvalue weighted by Gasteiger charge is 2.24. The number of halogens is 1. The van der Waals surface area contributed by atoms with Crippen molar-refractivity contribution < 1.29 is 4.79 Å². The maximum atomic E-state index is 12.4. The van der Waals surface area contributed by atoms with E-state index in [1.54, 1.807) is 11.2 Å². The maximum Gasteiger partial charge on any atom is 0.256 e. The van der Waals surface area contributed by atoms with Crippen LogP contribution in [0.2, 0.25) is 5.02 Å². The van der Waals surface area contributed by atoms with Crippen LogP contribution >= 0.6 is 11.6 Å². The van der Waals surface area contributed by atoms with Gasteiger partial charge in [0, 0.05) is 19.3 Å². The minimum atomic E-state index is -0.173. The van der Waals surface area contributed by atoms with E-state index in [-0.39, 0.29) is 11.7 Å². The monoisotopic (exact) mass is 278 g/mol. The molecule has 3 rings (SSSR count). The molecule has 2 aromatic rings. The minimum Gasteiger partial charge on any atom is -0.384 e. The van der Waals surface area contributed by atoms with E-state index in [9.17, 15) is 4.79 Å². The maximum absolute atomic E-state index is 12.4. The number of rotatable bonds is 1. The fourth-order valence-electron chi connectivity index (χ4n) is 2.03. The first kappa shape index (κ1) is 11.9. The molecule has 1 aliphatic heterocycles. The zero-order chi connectivity index (χ0) is 13.4. The summed E-state index contributed by atoms with van der Waals surface area (Å²) in [7, 11) is 0. The third-order valence-electron chi connectivity index (χ3n) is 3.03. The molecule has 8 heteroatoms. The fraction of sp³-hybridized carbons (Fsp3) is 0.273. The first-order valence-corrected chi connectivity index (χ1v) is 6.10. The van der Waals surface area contributed by atoms with Gasteiger partial charge in [0.05, 0.1) is 17.1 Å². The highest BCUT2D eigenvalue weighted by Crippen LogP contribution is 2.20. The second kappa shape index (κ2) is 4.51. The molecule has 0 atom stereocenters.